The fourth-order valence-electron chi connectivity index (χ4n) is 1.60. The molecule has 1 unspecified atom stereocenters. The van der Waals surface area contributed by atoms with E-state index in [9.17, 15) is 4.79 Å². The summed E-state index contributed by atoms with van der Waals surface area (Å²) in [6.45, 7) is 0. The maximum Gasteiger partial charge on any atom is 0.307 e. The van der Waals surface area contributed by atoms with Gasteiger partial charge in [0.1, 0.15) is 0 Å². The lowest BCUT2D eigenvalue weighted by molar-refractivity contribution is -0.141. The van der Waals surface area contributed by atoms with Gasteiger partial charge >= 0.3 is 5.97 Å². The molecule has 0 amide bonds. The molecule has 0 aliphatic heterocycles. The average Bonchev–Trinajstić information content (AvgIpc) is 2.46. The molecule has 0 bridgehead atoms. The largest absolute Gasteiger partial charge is 0.481 e. The average molecular weight is 201 g/mol. The molecule has 0 saturated heterocycles. The van der Waals surface area contributed by atoms with E-state index in [2.05, 4.69) is 12.6 Å². The maximum atomic E-state index is 10.7. The normalized spacial score (nSPS) is 29.1. The monoisotopic (exact) mass is 201 g/mol. The van der Waals surface area contributed by atoms with Crippen LogP contribution in [0.3, 0.4) is 0 Å². The molecule has 74 valence electrons. The molecule has 1 aliphatic rings. The molecule has 3 atom stereocenters. The summed E-state index contributed by atoms with van der Waals surface area (Å²) in [5.74, 6) is -0.384. The number of hydrogen-bond acceptors (Lipinski definition) is 3. The highest BCUT2D eigenvalue weighted by atomic mass is 32.1. The van der Waals surface area contributed by atoms with E-state index in [1.54, 1.807) is 0 Å². The van der Waals surface area contributed by atoms with E-state index in [1.807, 2.05) is 12.2 Å². The molecule has 0 aromatic heterocycles. The van der Waals surface area contributed by atoms with Crippen LogP contribution in [0.15, 0.2) is 12.2 Å². The summed E-state index contributed by atoms with van der Waals surface area (Å²) in [5.41, 5.74) is 5.67. The Morgan fingerprint density at radius 3 is 2.77 bits per heavy atom. The summed E-state index contributed by atoms with van der Waals surface area (Å²) >= 11 is 4.01. The molecule has 0 aromatic carbocycles. The molecular weight excluding hydrogens is 186 g/mol. The Morgan fingerprint density at radius 1 is 1.69 bits per heavy atom. The van der Waals surface area contributed by atoms with Crippen LogP contribution < -0.4 is 5.73 Å². The van der Waals surface area contributed by atoms with Crippen LogP contribution in [-0.2, 0) is 4.79 Å². The van der Waals surface area contributed by atoms with Gasteiger partial charge in [-0.1, -0.05) is 12.2 Å². The number of aliphatic carboxylic acids is 1. The van der Waals surface area contributed by atoms with Crippen LogP contribution in [0.2, 0.25) is 0 Å². The molecule has 1 rings (SSSR count). The van der Waals surface area contributed by atoms with Gasteiger partial charge in [0.05, 0.1) is 5.92 Å². The van der Waals surface area contributed by atoms with Gasteiger partial charge in [-0.25, -0.2) is 0 Å². The first-order valence-electron chi connectivity index (χ1n) is 4.41. The van der Waals surface area contributed by atoms with Crippen LogP contribution >= 0.6 is 12.6 Å². The van der Waals surface area contributed by atoms with Gasteiger partial charge in [-0.15, -0.1) is 0 Å². The number of carboxylic acid groups (broad SMARTS) is 1. The highest BCUT2D eigenvalue weighted by Crippen LogP contribution is 2.24. The van der Waals surface area contributed by atoms with Crippen LogP contribution in [0.5, 0.6) is 0 Å². The first kappa shape index (κ1) is 10.6. The summed E-state index contributed by atoms with van der Waals surface area (Å²) in [6.07, 6.45) is 5.49. The number of carboxylic acids is 1. The van der Waals surface area contributed by atoms with E-state index in [-0.39, 0.29) is 12.0 Å². The molecule has 0 aromatic rings. The second-order valence-electron chi connectivity index (χ2n) is 3.50. The van der Waals surface area contributed by atoms with Gasteiger partial charge in [0.2, 0.25) is 0 Å². The number of nitrogens with two attached hydrogens (primary N) is 1. The van der Waals surface area contributed by atoms with Crippen molar-refractivity contribution in [2.75, 3.05) is 5.75 Å². The van der Waals surface area contributed by atoms with Crippen LogP contribution in [-0.4, -0.2) is 22.9 Å². The van der Waals surface area contributed by atoms with Crippen LogP contribution in [0, 0.1) is 11.8 Å². The quantitative estimate of drug-likeness (QED) is 0.468. The van der Waals surface area contributed by atoms with Crippen LogP contribution in [0.4, 0.5) is 0 Å². The minimum Gasteiger partial charge on any atom is -0.481 e. The molecule has 1 aliphatic carbocycles. The maximum absolute atomic E-state index is 10.7. The predicted molar refractivity (Wildman–Crippen MR) is 54.8 cm³/mol. The lowest BCUT2D eigenvalue weighted by Crippen LogP contribution is -2.20. The van der Waals surface area contributed by atoms with Gasteiger partial charge in [-0.2, -0.15) is 12.6 Å². The number of carbonyl (C=O) groups is 1. The molecule has 3 N–H and O–H groups in total. The second kappa shape index (κ2) is 4.67. The van der Waals surface area contributed by atoms with Crippen molar-refractivity contribution in [2.24, 2.45) is 17.6 Å². The number of allylic oxidation sites excluding steroid dienone is 1. The van der Waals surface area contributed by atoms with Crippen molar-refractivity contribution in [2.45, 2.75) is 18.9 Å². The molecule has 0 spiro atoms. The van der Waals surface area contributed by atoms with Crippen molar-refractivity contribution in [1.29, 1.82) is 0 Å². The SMILES string of the molecule is N[C@H]1C=C[C@@H](CC(CS)C(=O)O)C1. The zero-order valence-electron chi connectivity index (χ0n) is 7.39. The summed E-state index contributed by atoms with van der Waals surface area (Å²) in [6, 6.07) is 0.111. The Morgan fingerprint density at radius 2 is 2.38 bits per heavy atom. The fraction of sp³-hybridized carbons (Fsp3) is 0.667. The van der Waals surface area contributed by atoms with Crippen LogP contribution in [0.25, 0.3) is 0 Å². The van der Waals surface area contributed by atoms with E-state index < -0.39 is 5.97 Å². The molecule has 13 heavy (non-hydrogen) atoms. The lowest BCUT2D eigenvalue weighted by Gasteiger charge is -2.13. The minimum atomic E-state index is -0.760. The van der Waals surface area contributed by atoms with Crippen molar-refractivity contribution >= 4 is 18.6 Å². The van der Waals surface area contributed by atoms with Crippen molar-refractivity contribution in [3.8, 4) is 0 Å². The lowest BCUT2D eigenvalue weighted by atomic mass is 9.95. The van der Waals surface area contributed by atoms with Gasteiger partial charge in [0, 0.05) is 11.8 Å². The Labute approximate surface area is 83.4 Å². The first-order valence-corrected chi connectivity index (χ1v) is 5.04. The third-order valence-corrected chi connectivity index (χ3v) is 2.80. The van der Waals surface area contributed by atoms with Gasteiger partial charge in [0.25, 0.3) is 0 Å². The van der Waals surface area contributed by atoms with Crippen molar-refractivity contribution in [3.05, 3.63) is 12.2 Å². The molecule has 0 radical (unpaired) electrons. The Balaban J connectivity index is 2.39. The number of rotatable bonds is 4. The van der Waals surface area contributed by atoms with E-state index in [0.717, 1.165) is 6.42 Å². The van der Waals surface area contributed by atoms with Gasteiger partial charge in [0.15, 0.2) is 0 Å². The standard InChI is InChI=1S/C9H15NO2S/c10-8-2-1-6(4-8)3-7(5-13)9(11)12/h1-2,6-8,13H,3-5,10H2,(H,11,12)/t6-,7?,8-/m0/s1. The Kier molecular flexibility index (Phi) is 3.81. The Bertz CT molecular complexity index is 218. The van der Waals surface area contributed by atoms with Gasteiger partial charge < -0.3 is 10.8 Å². The molecule has 0 saturated carbocycles. The third kappa shape index (κ3) is 3.04. The Hall–Kier alpha value is -0.480. The van der Waals surface area contributed by atoms with Gasteiger partial charge in [-0.05, 0) is 18.8 Å². The van der Waals surface area contributed by atoms with Crippen molar-refractivity contribution in [3.63, 3.8) is 0 Å². The second-order valence-corrected chi connectivity index (χ2v) is 3.86. The van der Waals surface area contributed by atoms with Crippen molar-refractivity contribution < 1.29 is 9.90 Å². The summed E-state index contributed by atoms with van der Waals surface area (Å²) in [4.78, 5) is 10.7. The molecule has 4 heteroatoms. The van der Waals surface area contributed by atoms with E-state index in [4.69, 9.17) is 10.8 Å². The zero-order chi connectivity index (χ0) is 9.84. The van der Waals surface area contributed by atoms with E-state index in [0.29, 0.717) is 18.1 Å². The van der Waals surface area contributed by atoms with Crippen molar-refractivity contribution in [1.82, 2.24) is 0 Å². The zero-order valence-corrected chi connectivity index (χ0v) is 8.28. The highest BCUT2D eigenvalue weighted by molar-refractivity contribution is 7.80. The molecular formula is C9H15NO2S. The summed E-state index contributed by atoms with van der Waals surface area (Å²) in [7, 11) is 0. The smallest absolute Gasteiger partial charge is 0.307 e. The van der Waals surface area contributed by atoms with Crippen LogP contribution in [0.1, 0.15) is 12.8 Å². The molecule has 3 nitrogen and oxygen atoms in total. The van der Waals surface area contributed by atoms with Gasteiger partial charge in [-0.3, -0.25) is 4.79 Å². The topological polar surface area (TPSA) is 63.3 Å². The van der Waals surface area contributed by atoms with E-state index >= 15 is 0 Å². The number of hydrogen-bond donors (Lipinski definition) is 3. The minimum absolute atomic E-state index is 0.111. The molecule has 0 heterocycles. The fourth-order valence-corrected chi connectivity index (χ4v) is 1.91. The number of thiol groups is 1. The molecule has 0 fully saturated rings. The summed E-state index contributed by atoms with van der Waals surface area (Å²) < 4.78 is 0. The first-order chi connectivity index (χ1) is 6.13. The third-order valence-electron chi connectivity index (χ3n) is 2.36. The highest BCUT2D eigenvalue weighted by Gasteiger charge is 2.23. The summed E-state index contributed by atoms with van der Waals surface area (Å²) in [5, 5.41) is 8.80. The predicted octanol–water partition coefficient (Wildman–Crippen LogP) is 0.910. The van der Waals surface area contributed by atoms with E-state index in [1.165, 1.54) is 0 Å².